The minimum Gasteiger partial charge on any atom is -0.461 e. The third kappa shape index (κ3) is 7.23. The second-order valence-corrected chi connectivity index (χ2v) is 13.2. The van der Waals surface area contributed by atoms with E-state index in [0.717, 1.165) is 48.5 Å². The van der Waals surface area contributed by atoms with Crippen LogP contribution < -0.4 is 51.4 Å². The number of halogens is 6. The monoisotopic (exact) mass is 597 g/mol. The molecule has 0 aliphatic heterocycles. The third-order valence-corrected chi connectivity index (χ3v) is 11.0. The van der Waals surface area contributed by atoms with Crippen molar-refractivity contribution in [2.75, 3.05) is 0 Å². The van der Waals surface area contributed by atoms with E-state index >= 15 is 0 Å². The number of hydrogen-bond acceptors (Lipinski definition) is 6. The van der Waals surface area contributed by atoms with Gasteiger partial charge in [0.05, 0.1) is 0 Å². The van der Waals surface area contributed by atoms with Crippen LogP contribution >= 0.6 is 0 Å². The van der Waals surface area contributed by atoms with Gasteiger partial charge in [-0.3, -0.25) is 8.42 Å². The molecule has 2 aromatic rings. The van der Waals surface area contributed by atoms with Crippen molar-refractivity contribution in [3.05, 3.63) is 64.8 Å². The largest absolute Gasteiger partial charge is 1.00 e. The summed E-state index contributed by atoms with van der Waals surface area (Å²) in [5.41, 5.74) is -12.2. The molecule has 0 bridgehead atoms. The number of sulfonamides is 2. The first-order chi connectivity index (χ1) is 14.8. The molecule has 2 unspecified atom stereocenters. The zero-order valence-corrected chi connectivity index (χ0v) is 22.9. The van der Waals surface area contributed by atoms with Crippen LogP contribution in [0.2, 0.25) is 0 Å². The molecule has 0 aliphatic rings. The van der Waals surface area contributed by atoms with Gasteiger partial charge in [-0.1, -0.05) is 36.4 Å². The van der Waals surface area contributed by atoms with Crippen molar-refractivity contribution >= 4 is 39.9 Å². The Balaban J connectivity index is 0.00000578. The first-order valence-corrected chi connectivity index (χ1v) is 13.7. The minimum absolute atomic E-state index is 0. The number of hydrogen-bond donors (Lipinski definition) is 0. The maximum atomic E-state index is 13.2. The van der Waals surface area contributed by atoms with Crippen molar-refractivity contribution in [1.82, 2.24) is 0 Å². The van der Waals surface area contributed by atoms with Crippen molar-refractivity contribution in [3.63, 3.8) is 0 Å². The zero-order chi connectivity index (χ0) is 25.3. The van der Waals surface area contributed by atoms with Crippen molar-refractivity contribution < 1.29 is 103 Å². The second kappa shape index (κ2) is 10.8. The van der Waals surface area contributed by atoms with Gasteiger partial charge in [-0.15, -0.1) is 7.54 Å². The summed E-state index contributed by atoms with van der Waals surface area (Å²) in [5.74, 6) is 0. The SMILES string of the molecule is O=S(=O)(N=S(=O)([N-]S(=O)(=NS(=O)(=O)C(F)(F)F)c1ccccc1)c1ccccc1)C(F)(F)F.[K+]. The molecule has 0 radical (unpaired) electrons. The number of nitrogens with zero attached hydrogens (tertiary/aromatic N) is 3. The molecule has 0 N–H and O–H groups in total. The Kier molecular flexibility index (Phi) is 9.99. The normalized spacial score (nSPS) is 16.4. The van der Waals surface area contributed by atoms with Crippen LogP contribution in [-0.4, -0.2) is 36.3 Å². The van der Waals surface area contributed by atoms with Crippen LogP contribution in [0.25, 0.3) is 4.13 Å². The van der Waals surface area contributed by atoms with Gasteiger partial charge in [0, 0.05) is 29.6 Å². The van der Waals surface area contributed by atoms with Crippen molar-refractivity contribution in [2.24, 2.45) is 7.54 Å². The second-order valence-electron chi connectivity index (χ2n) is 5.68. The van der Waals surface area contributed by atoms with E-state index in [-0.39, 0.29) is 51.4 Å². The van der Waals surface area contributed by atoms with Crippen LogP contribution in [-0.2, 0) is 39.9 Å². The molecular formula is C14H10F6KN3O6S4. The van der Waals surface area contributed by atoms with Crippen LogP contribution in [0.1, 0.15) is 0 Å². The summed E-state index contributed by atoms with van der Waals surface area (Å²) >= 11 is 0. The van der Waals surface area contributed by atoms with Crippen LogP contribution in [0.5, 0.6) is 0 Å². The van der Waals surface area contributed by atoms with Gasteiger partial charge in [-0.05, 0) is 24.3 Å². The van der Waals surface area contributed by atoms with E-state index in [1.807, 2.05) is 0 Å². The van der Waals surface area contributed by atoms with Crippen molar-refractivity contribution in [3.8, 4) is 0 Å². The average molecular weight is 598 g/mol. The Hall–Kier alpha value is -0.584. The summed E-state index contributed by atoms with van der Waals surface area (Å²) in [6.07, 6.45) is 0. The van der Waals surface area contributed by atoms with Gasteiger partial charge in [0.15, 0.2) is 0 Å². The van der Waals surface area contributed by atoms with Crippen LogP contribution in [0.4, 0.5) is 26.3 Å². The van der Waals surface area contributed by atoms with Crippen molar-refractivity contribution in [1.29, 1.82) is 0 Å². The van der Waals surface area contributed by atoms with E-state index < -0.39 is 60.7 Å². The third-order valence-electron chi connectivity index (χ3n) is 3.29. The van der Waals surface area contributed by atoms with E-state index in [9.17, 15) is 51.6 Å². The zero-order valence-electron chi connectivity index (χ0n) is 16.5. The molecule has 0 saturated heterocycles. The molecule has 184 valence electrons. The van der Waals surface area contributed by atoms with Gasteiger partial charge in [-0.25, -0.2) is 0 Å². The fourth-order valence-electron chi connectivity index (χ4n) is 1.88. The van der Waals surface area contributed by atoms with E-state index in [2.05, 4.69) is 11.7 Å². The standard InChI is InChI=1S/C14H10F6N3O6S4.K/c15-13(16,17)32(26,27)22-30(24,11-7-3-1-4-8-11)21-31(25,12-9-5-2-6-10-12)23-33(28,29)14(18,19)20;/h1-10H;/q-1;+1. The molecule has 20 heteroatoms. The van der Waals surface area contributed by atoms with E-state index in [1.165, 1.54) is 12.1 Å². The summed E-state index contributed by atoms with van der Waals surface area (Å²) in [5, 5.41) is 0. The summed E-state index contributed by atoms with van der Waals surface area (Å²) in [6, 6.07) is 9.46. The molecule has 34 heavy (non-hydrogen) atoms. The van der Waals surface area contributed by atoms with Gasteiger partial charge in [0.25, 0.3) is 0 Å². The fourth-order valence-corrected chi connectivity index (χ4v) is 8.89. The molecule has 9 nitrogen and oxygen atoms in total. The van der Waals surface area contributed by atoms with Gasteiger partial charge in [0.2, 0.25) is 0 Å². The number of benzene rings is 2. The Bertz CT molecular complexity index is 1360. The van der Waals surface area contributed by atoms with Crippen molar-refractivity contribution in [2.45, 2.75) is 20.8 Å². The van der Waals surface area contributed by atoms with E-state index in [0.29, 0.717) is 0 Å². The maximum absolute atomic E-state index is 13.2. The molecule has 2 atom stereocenters. The number of rotatable bonds is 6. The Morgan fingerprint density at radius 2 is 0.824 bits per heavy atom. The predicted octanol–water partition coefficient (Wildman–Crippen LogP) is 0.947. The molecule has 0 aromatic heterocycles. The molecule has 0 amide bonds. The van der Waals surface area contributed by atoms with E-state index in [4.69, 9.17) is 0 Å². The summed E-state index contributed by atoms with van der Waals surface area (Å²) < 4.78 is 157. The molecule has 0 heterocycles. The molecule has 2 aromatic carbocycles. The Morgan fingerprint density at radius 1 is 0.559 bits per heavy atom. The smallest absolute Gasteiger partial charge is 0.461 e. The molecule has 2 rings (SSSR count). The minimum atomic E-state index is -6.61. The average Bonchev–Trinajstić information content (AvgIpc) is 2.66. The first kappa shape index (κ1) is 31.4. The number of alkyl halides is 6. The van der Waals surface area contributed by atoms with Crippen LogP contribution in [0.15, 0.2) is 78.0 Å². The van der Waals surface area contributed by atoms with Crippen LogP contribution in [0, 0.1) is 0 Å². The summed E-state index contributed by atoms with van der Waals surface area (Å²) in [6.45, 7) is 0. The Morgan fingerprint density at radius 3 is 1.06 bits per heavy atom. The predicted molar refractivity (Wildman–Crippen MR) is 104 cm³/mol. The summed E-state index contributed by atoms with van der Waals surface area (Å²) in [4.78, 5) is -1.86. The van der Waals surface area contributed by atoms with Gasteiger partial charge >= 0.3 is 82.4 Å². The fraction of sp³-hybridized carbons (Fsp3) is 0.143. The van der Waals surface area contributed by atoms with Crippen LogP contribution in [0.3, 0.4) is 0 Å². The maximum Gasteiger partial charge on any atom is 1.00 e. The van der Waals surface area contributed by atoms with Gasteiger partial charge < -0.3 is 4.13 Å². The topological polar surface area (TPSA) is 141 Å². The van der Waals surface area contributed by atoms with E-state index in [1.54, 1.807) is 0 Å². The first-order valence-electron chi connectivity index (χ1n) is 7.87. The quantitative estimate of drug-likeness (QED) is 0.359. The molecule has 0 fully saturated rings. The molecular weight excluding hydrogens is 588 g/mol. The molecule has 0 spiro atoms. The van der Waals surface area contributed by atoms with Gasteiger partial charge in [-0.2, -0.15) is 43.2 Å². The van der Waals surface area contributed by atoms with Gasteiger partial charge in [0.1, 0.15) is 0 Å². The molecule has 0 saturated carbocycles. The Labute approximate surface area is 233 Å². The summed E-state index contributed by atoms with van der Waals surface area (Å²) in [7, 11) is -24.0. The molecule has 0 aliphatic carbocycles.